The van der Waals surface area contributed by atoms with Gasteiger partial charge in [0.2, 0.25) is 0 Å². The predicted molar refractivity (Wildman–Crippen MR) is 67.7 cm³/mol. The summed E-state index contributed by atoms with van der Waals surface area (Å²) in [6, 6.07) is 5.35. The van der Waals surface area contributed by atoms with Gasteiger partial charge in [-0.05, 0) is 17.5 Å². The molecule has 0 unspecified atom stereocenters. The van der Waals surface area contributed by atoms with Gasteiger partial charge in [0.1, 0.15) is 0 Å². The monoisotopic (exact) mass is 270 g/mol. The van der Waals surface area contributed by atoms with Crippen LogP contribution in [0.5, 0.6) is 0 Å². The van der Waals surface area contributed by atoms with E-state index in [1.165, 1.54) is 14.2 Å². The van der Waals surface area contributed by atoms with E-state index in [0.29, 0.717) is 17.5 Å². The minimum Gasteiger partial charge on any atom is -0.469 e. The number of alkyl halides is 1. The third-order valence-electron chi connectivity index (χ3n) is 2.60. The summed E-state index contributed by atoms with van der Waals surface area (Å²) < 4.78 is 9.31. The number of ether oxygens (including phenoxy) is 2. The highest BCUT2D eigenvalue weighted by Gasteiger charge is 2.16. The molecule has 0 atom stereocenters. The Bertz CT molecular complexity index is 443. The summed E-state index contributed by atoms with van der Waals surface area (Å²) in [6.07, 6.45) is 0.633. The first kappa shape index (κ1) is 14.5. The van der Waals surface area contributed by atoms with E-state index in [-0.39, 0.29) is 18.3 Å². The topological polar surface area (TPSA) is 52.6 Å². The highest BCUT2D eigenvalue weighted by atomic mass is 35.5. The molecule has 0 aromatic heterocycles. The van der Waals surface area contributed by atoms with E-state index in [1.807, 2.05) is 0 Å². The highest BCUT2D eigenvalue weighted by molar-refractivity contribution is 6.17. The van der Waals surface area contributed by atoms with Crippen LogP contribution in [0.2, 0.25) is 0 Å². The summed E-state index contributed by atoms with van der Waals surface area (Å²) >= 11 is 5.80. The third-order valence-corrected chi connectivity index (χ3v) is 2.88. The van der Waals surface area contributed by atoms with Gasteiger partial charge in [-0.1, -0.05) is 18.2 Å². The van der Waals surface area contributed by atoms with Crippen LogP contribution >= 0.6 is 11.6 Å². The van der Waals surface area contributed by atoms with Gasteiger partial charge < -0.3 is 9.47 Å². The van der Waals surface area contributed by atoms with Crippen molar-refractivity contribution in [3.63, 3.8) is 0 Å². The normalized spacial score (nSPS) is 9.94. The number of methoxy groups -OCH3 is 2. The molecule has 0 aliphatic rings. The average Bonchev–Trinajstić information content (AvgIpc) is 2.43. The van der Waals surface area contributed by atoms with Gasteiger partial charge in [0.05, 0.1) is 19.8 Å². The van der Waals surface area contributed by atoms with Crippen LogP contribution < -0.4 is 0 Å². The molecular weight excluding hydrogens is 256 g/mol. The molecule has 0 aliphatic heterocycles. The van der Waals surface area contributed by atoms with Crippen LogP contribution in [0.15, 0.2) is 18.2 Å². The van der Waals surface area contributed by atoms with Crippen molar-refractivity contribution in [2.45, 2.75) is 18.7 Å². The first-order valence-corrected chi connectivity index (χ1v) is 5.99. The van der Waals surface area contributed by atoms with Gasteiger partial charge in [0.15, 0.2) is 0 Å². The first-order valence-electron chi connectivity index (χ1n) is 5.45. The van der Waals surface area contributed by atoms with Crippen molar-refractivity contribution in [1.82, 2.24) is 0 Å². The minimum absolute atomic E-state index is 0.215. The Hall–Kier alpha value is -1.55. The van der Waals surface area contributed by atoms with E-state index in [2.05, 4.69) is 4.74 Å². The lowest BCUT2D eigenvalue weighted by atomic mass is 9.98. The maximum absolute atomic E-state index is 11.7. The number of rotatable bonds is 5. The molecule has 4 nitrogen and oxygen atoms in total. The molecule has 1 aromatic carbocycles. The van der Waals surface area contributed by atoms with Crippen molar-refractivity contribution in [2.75, 3.05) is 14.2 Å². The number of esters is 2. The van der Waals surface area contributed by atoms with E-state index in [9.17, 15) is 9.59 Å². The number of carbonyl (C=O) groups excluding carboxylic acids is 2. The Morgan fingerprint density at radius 3 is 2.39 bits per heavy atom. The lowest BCUT2D eigenvalue weighted by Gasteiger charge is -2.11. The molecule has 5 heteroatoms. The number of carbonyl (C=O) groups is 2. The molecule has 98 valence electrons. The zero-order valence-electron chi connectivity index (χ0n) is 10.4. The van der Waals surface area contributed by atoms with E-state index < -0.39 is 5.97 Å². The van der Waals surface area contributed by atoms with Crippen molar-refractivity contribution in [2.24, 2.45) is 0 Å². The Morgan fingerprint density at radius 1 is 1.17 bits per heavy atom. The molecule has 0 bridgehead atoms. The fourth-order valence-electron chi connectivity index (χ4n) is 1.68. The molecule has 0 fully saturated rings. The Labute approximate surface area is 111 Å². The summed E-state index contributed by atoms with van der Waals surface area (Å²) in [5, 5.41) is 0. The number of benzene rings is 1. The highest BCUT2D eigenvalue weighted by Crippen LogP contribution is 2.19. The Kier molecular flexibility index (Phi) is 5.65. The molecule has 0 saturated carbocycles. The molecule has 0 heterocycles. The zero-order chi connectivity index (χ0) is 13.5. The quantitative estimate of drug-likeness (QED) is 0.609. The van der Waals surface area contributed by atoms with Gasteiger partial charge in [-0.2, -0.15) is 0 Å². The van der Waals surface area contributed by atoms with Crippen molar-refractivity contribution in [3.8, 4) is 0 Å². The van der Waals surface area contributed by atoms with Crippen molar-refractivity contribution < 1.29 is 19.1 Å². The number of hydrogen-bond donors (Lipinski definition) is 0. The van der Waals surface area contributed by atoms with Gasteiger partial charge in [0, 0.05) is 12.3 Å². The second-order valence-electron chi connectivity index (χ2n) is 3.65. The number of halogens is 1. The molecule has 1 aromatic rings. The van der Waals surface area contributed by atoms with Gasteiger partial charge in [-0.25, -0.2) is 4.79 Å². The van der Waals surface area contributed by atoms with Crippen molar-refractivity contribution in [1.29, 1.82) is 0 Å². The van der Waals surface area contributed by atoms with Crippen LogP contribution in [0.1, 0.15) is 27.9 Å². The van der Waals surface area contributed by atoms with E-state index in [4.69, 9.17) is 16.3 Å². The van der Waals surface area contributed by atoms with E-state index >= 15 is 0 Å². The van der Waals surface area contributed by atoms with Crippen LogP contribution in [0.25, 0.3) is 0 Å². The van der Waals surface area contributed by atoms with E-state index in [0.717, 1.165) is 5.56 Å². The maximum Gasteiger partial charge on any atom is 0.338 e. The minimum atomic E-state index is -0.439. The predicted octanol–water partition coefficient (Wildman–Crippen LogP) is 2.32. The average molecular weight is 271 g/mol. The molecule has 1 rings (SSSR count). The van der Waals surface area contributed by atoms with Crippen LogP contribution in [0.3, 0.4) is 0 Å². The van der Waals surface area contributed by atoms with Gasteiger partial charge in [-0.15, -0.1) is 11.6 Å². The lowest BCUT2D eigenvalue weighted by Crippen LogP contribution is -2.11. The zero-order valence-corrected chi connectivity index (χ0v) is 11.1. The molecule has 18 heavy (non-hydrogen) atoms. The van der Waals surface area contributed by atoms with Crippen LogP contribution in [-0.4, -0.2) is 26.2 Å². The fourth-order valence-corrected chi connectivity index (χ4v) is 1.90. The van der Waals surface area contributed by atoms with E-state index in [1.54, 1.807) is 18.2 Å². The third kappa shape index (κ3) is 3.47. The van der Waals surface area contributed by atoms with Crippen LogP contribution in [0, 0.1) is 0 Å². The summed E-state index contributed by atoms with van der Waals surface area (Å²) in [4.78, 5) is 22.9. The molecule has 0 radical (unpaired) electrons. The molecular formula is C13H15ClO4. The second-order valence-corrected chi connectivity index (χ2v) is 3.92. The van der Waals surface area contributed by atoms with Crippen molar-refractivity contribution >= 4 is 23.5 Å². The Morgan fingerprint density at radius 2 is 1.83 bits per heavy atom. The summed E-state index contributed by atoms with van der Waals surface area (Å²) in [7, 11) is 2.65. The molecule has 0 aliphatic carbocycles. The summed E-state index contributed by atoms with van der Waals surface area (Å²) in [6.45, 7) is 0. The summed E-state index contributed by atoms with van der Waals surface area (Å²) in [5.74, 6) is -0.538. The standard InChI is InChI=1S/C13H15ClO4/c1-17-11(15)7-6-9-4-3-5-10(8-14)12(9)13(16)18-2/h3-5H,6-8H2,1-2H3. The van der Waals surface area contributed by atoms with Crippen molar-refractivity contribution in [3.05, 3.63) is 34.9 Å². The van der Waals surface area contributed by atoms with Gasteiger partial charge in [-0.3, -0.25) is 4.79 Å². The van der Waals surface area contributed by atoms with Gasteiger partial charge in [0.25, 0.3) is 0 Å². The Balaban J connectivity index is 3.02. The smallest absolute Gasteiger partial charge is 0.338 e. The number of hydrogen-bond acceptors (Lipinski definition) is 4. The van der Waals surface area contributed by atoms with Crippen LogP contribution in [-0.2, 0) is 26.6 Å². The SMILES string of the molecule is COC(=O)CCc1cccc(CCl)c1C(=O)OC. The molecule has 0 N–H and O–H groups in total. The molecule has 0 saturated heterocycles. The second kappa shape index (κ2) is 7.01. The summed E-state index contributed by atoms with van der Waals surface area (Å²) in [5.41, 5.74) is 1.88. The van der Waals surface area contributed by atoms with Crippen LogP contribution in [0.4, 0.5) is 0 Å². The maximum atomic E-state index is 11.7. The largest absolute Gasteiger partial charge is 0.469 e. The van der Waals surface area contributed by atoms with Gasteiger partial charge >= 0.3 is 11.9 Å². The number of aryl methyl sites for hydroxylation is 1. The lowest BCUT2D eigenvalue weighted by molar-refractivity contribution is -0.140. The molecule has 0 amide bonds. The molecule has 0 spiro atoms. The first-order chi connectivity index (χ1) is 8.63. The fraction of sp³-hybridized carbons (Fsp3) is 0.385.